The number of carbonyl (C=O) groups is 1. The highest BCUT2D eigenvalue weighted by atomic mass is 16.2. The van der Waals surface area contributed by atoms with Crippen molar-refractivity contribution in [1.82, 2.24) is 10.6 Å². The molecular formula is C15H23N3O. The summed E-state index contributed by atoms with van der Waals surface area (Å²) < 4.78 is 0. The quantitative estimate of drug-likeness (QED) is 0.858. The Kier molecular flexibility index (Phi) is 4.80. The van der Waals surface area contributed by atoms with Crippen LogP contribution in [0.25, 0.3) is 0 Å². The summed E-state index contributed by atoms with van der Waals surface area (Å²) in [5.74, 6) is 0.149. The van der Waals surface area contributed by atoms with E-state index in [-0.39, 0.29) is 11.9 Å². The van der Waals surface area contributed by atoms with E-state index < -0.39 is 0 Å². The normalized spacial score (nSPS) is 20.0. The van der Waals surface area contributed by atoms with Crippen LogP contribution in [0.2, 0.25) is 0 Å². The Labute approximate surface area is 115 Å². The molecule has 1 unspecified atom stereocenters. The zero-order valence-corrected chi connectivity index (χ0v) is 11.8. The van der Waals surface area contributed by atoms with E-state index in [4.69, 9.17) is 0 Å². The topological polar surface area (TPSA) is 44.4 Å². The lowest BCUT2D eigenvalue weighted by Crippen LogP contribution is -2.46. The van der Waals surface area contributed by atoms with Crippen LogP contribution in [-0.4, -0.2) is 38.6 Å². The molecule has 0 saturated carbocycles. The van der Waals surface area contributed by atoms with Crippen LogP contribution in [0, 0.1) is 6.92 Å². The van der Waals surface area contributed by atoms with Gasteiger partial charge in [0.2, 0.25) is 5.91 Å². The molecule has 4 heteroatoms. The van der Waals surface area contributed by atoms with Crippen molar-refractivity contribution in [3.8, 4) is 0 Å². The highest BCUT2D eigenvalue weighted by Gasteiger charge is 2.28. The van der Waals surface area contributed by atoms with Crippen molar-refractivity contribution in [2.45, 2.75) is 25.8 Å². The summed E-state index contributed by atoms with van der Waals surface area (Å²) in [5.41, 5.74) is 2.41. The standard InChI is InChI=1S/C15H23N3O/c1-12-6-3-4-7-13(12)18-11-5-9-17-15(19)14(18)8-10-16-2/h3-4,6-7,14,16H,5,8-11H2,1-2H3,(H,17,19). The van der Waals surface area contributed by atoms with Crippen molar-refractivity contribution >= 4 is 11.6 Å². The molecule has 1 aliphatic rings. The number of carbonyl (C=O) groups excluding carboxylic acids is 1. The number of nitrogens with one attached hydrogen (secondary N) is 2. The summed E-state index contributed by atoms with van der Waals surface area (Å²) in [5, 5.41) is 6.15. The van der Waals surface area contributed by atoms with E-state index in [0.29, 0.717) is 0 Å². The summed E-state index contributed by atoms with van der Waals surface area (Å²) in [6.45, 7) is 4.66. The summed E-state index contributed by atoms with van der Waals surface area (Å²) in [7, 11) is 1.92. The number of hydrogen-bond acceptors (Lipinski definition) is 3. The maximum Gasteiger partial charge on any atom is 0.242 e. The number of aryl methyl sites for hydroxylation is 1. The molecule has 19 heavy (non-hydrogen) atoms. The van der Waals surface area contributed by atoms with E-state index in [2.05, 4.69) is 34.6 Å². The van der Waals surface area contributed by atoms with Gasteiger partial charge in [0, 0.05) is 18.8 Å². The van der Waals surface area contributed by atoms with Crippen molar-refractivity contribution < 1.29 is 4.79 Å². The number of hydrogen-bond donors (Lipinski definition) is 2. The third-order valence-corrected chi connectivity index (χ3v) is 3.65. The van der Waals surface area contributed by atoms with Crippen molar-refractivity contribution in [2.75, 3.05) is 31.6 Å². The van der Waals surface area contributed by atoms with Crippen molar-refractivity contribution in [3.63, 3.8) is 0 Å². The monoisotopic (exact) mass is 261 g/mol. The van der Waals surface area contributed by atoms with Crippen LogP contribution in [0.1, 0.15) is 18.4 Å². The molecule has 1 amide bonds. The maximum absolute atomic E-state index is 12.2. The number of para-hydroxylation sites is 1. The number of anilines is 1. The van der Waals surface area contributed by atoms with Crippen LogP contribution in [-0.2, 0) is 4.79 Å². The van der Waals surface area contributed by atoms with E-state index in [9.17, 15) is 4.79 Å². The fraction of sp³-hybridized carbons (Fsp3) is 0.533. The summed E-state index contributed by atoms with van der Waals surface area (Å²) in [4.78, 5) is 14.5. The fourth-order valence-corrected chi connectivity index (χ4v) is 2.62. The van der Waals surface area contributed by atoms with E-state index >= 15 is 0 Å². The molecule has 0 bridgehead atoms. The van der Waals surface area contributed by atoms with Gasteiger partial charge < -0.3 is 15.5 Å². The molecule has 1 atom stereocenters. The second-order valence-electron chi connectivity index (χ2n) is 5.03. The SMILES string of the molecule is CNCCC1C(=O)NCCCN1c1ccccc1C. The molecule has 2 N–H and O–H groups in total. The second kappa shape index (κ2) is 6.57. The summed E-state index contributed by atoms with van der Waals surface area (Å²) in [6, 6.07) is 8.23. The van der Waals surface area contributed by atoms with Crippen molar-refractivity contribution in [1.29, 1.82) is 0 Å². The predicted octanol–water partition coefficient (Wildman–Crippen LogP) is 1.30. The molecule has 0 radical (unpaired) electrons. The molecular weight excluding hydrogens is 238 g/mol. The Morgan fingerprint density at radius 3 is 2.95 bits per heavy atom. The van der Waals surface area contributed by atoms with Crippen LogP contribution in [0.5, 0.6) is 0 Å². The first-order valence-corrected chi connectivity index (χ1v) is 6.98. The van der Waals surface area contributed by atoms with Crippen LogP contribution in [0.15, 0.2) is 24.3 Å². The minimum absolute atomic E-state index is 0.0731. The average molecular weight is 261 g/mol. The first-order chi connectivity index (χ1) is 9.24. The van der Waals surface area contributed by atoms with Gasteiger partial charge >= 0.3 is 0 Å². The van der Waals surface area contributed by atoms with Gasteiger partial charge in [0.1, 0.15) is 6.04 Å². The highest BCUT2D eigenvalue weighted by molar-refractivity contribution is 5.86. The van der Waals surface area contributed by atoms with E-state index in [0.717, 1.165) is 32.5 Å². The maximum atomic E-state index is 12.2. The second-order valence-corrected chi connectivity index (χ2v) is 5.03. The molecule has 0 aromatic heterocycles. The lowest BCUT2D eigenvalue weighted by molar-refractivity contribution is -0.122. The Bertz CT molecular complexity index is 433. The molecule has 104 valence electrons. The molecule has 1 saturated heterocycles. The van der Waals surface area contributed by atoms with Crippen LogP contribution in [0.3, 0.4) is 0 Å². The lowest BCUT2D eigenvalue weighted by Gasteiger charge is -2.31. The number of rotatable bonds is 4. The van der Waals surface area contributed by atoms with Crippen LogP contribution < -0.4 is 15.5 Å². The van der Waals surface area contributed by atoms with Gasteiger partial charge in [-0.15, -0.1) is 0 Å². The third-order valence-electron chi connectivity index (χ3n) is 3.65. The number of benzene rings is 1. The zero-order valence-electron chi connectivity index (χ0n) is 11.8. The molecule has 1 aromatic rings. The van der Waals surface area contributed by atoms with Crippen LogP contribution >= 0.6 is 0 Å². The van der Waals surface area contributed by atoms with Gasteiger partial charge in [-0.2, -0.15) is 0 Å². The van der Waals surface area contributed by atoms with Crippen molar-refractivity contribution in [3.05, 3.63) is 29.8 Å². The van der Waals surface area contributed by atoms with Gasteiger partial charge in [0.05, 0.1) is 0 Å². The Morgan fingerprint density at radius 1 is 1.42 bits per heavy atom. The molecule has 1 heterocycles. The molecule has 2 rings (SSSR count). The van der Waals surface area contributed by atoms with E-state index in [1.807, 2.05) is 19.2 Å². The molecule has 0 spiro atoms. The first-order valence-electron chi connectivity index (χ1n) is 6.98. The first kappa shape index (κ1) is 13.9. The lowest BCUT2D eigenvalue weighted by atomic mass is 10.1. The Morgan fingerprint density at radius 2 is 2.21 bits per heavy atom. The average Bonchev–Trinajstić information content (AvgIpc) is 2.59. The largest absolute Gasteiger partial charge is 0.359 e. The van der Waals surface area contributed by atoms with Gasteiger partial charge in [0.15, 0.2) is 0 Å². The molecule has 1 aromatic carbocycles. The molecule has 0 aliphatic carbocycles. The fourth-order valence-electron chi connectivity index (χ4n) is 2.62. The minimum atomic E-state index is -0.0731. The van der Waals surface area contributed by atoms with E-state index in [1.165, 1.54) is 11.3 Å². The predicted molar refractivity (Wildman–Crippen MR) is 78.5 cm³/mol. The van der Waals surface area contributed by atoms with Crippen molar-refractivity contribution in [2.24, 2.45) is 0 Å². The number of amides is 1. The van der Waals surface area contributed by atoms with Gasteiger partial charge in [-0.1, -0.05) is 18.2 Å². The zero-order chi connectivity index (χ0) is 13.7. The number of nitrogens with zero attached hydrogens (tertiary/aromatic N) is 1. The summed E-state index contributed by atoms with van der Waals surface area (Å²) >= 11 is 0. The Hall–Kier alpha value is -1.55. The van der Waals surface area contributed by atoms with Gasteiger partial charge in [0.25, 0.3) is 0 Å². The molecule has 1 fully saturated rings. The van der Waals surface area contributed by atoms with Gasteiger partial charge in [-0.25, -0.2) is 0 Å². The molecule has 4 nitrogen and oxygen atoms in total. The summed E-state index contributed by atoms with van der Waals surface area (Å²) in [6.07, 6.45) is 1.83. The molecule has 1 aliphatic heterocycles. The third kappa shape index (κ3) is 3.26. The Balaban J connectivity index is 2.27. The van der Waals surface area contributed by atoms with Gasteiger partial charge in [-0.05, 0) is 45.0 Å². The van der Waals surface area contributed by atoms with Crippen LogP contribution in [0.4, 0.5) is 5.69 Å². The highest BCUT2D eigenvalue weighted by Crippen LogP contribution is 2.24. The smallest absolute Gasteiger partial charge is 0.242 e. The minimum Gasteiger partial charge on any atom is -0.359 e. The van der Waals surface area contributed by atoms with E-state index in [1.54, 1.807) is 0 Å². The van der Waals surface area contributed by atoms with Gasteiger partial charge in [-0.3, -0.25) is 4.79 Å².